The second-order valence-electron chi connectivity index (χ2n) is 5.71. The zero-order chi connectivity index (χ0) is 13.7. The summed E-state index contributed by atoms with van der Waals surface area (Å²) in [6.07, 6.45) is 4.27. The first-order valence-electron chi connectivity index (χ1n) is 7.26. The first-order chi connectivity index (χ1) is 9.11. The molecule has 1 aromatic rings. The summed E-state index contributed by atoms with van der Waals surface area (Å²) in [6, 6.07) is 8.03. The Hall–Kier alpha value is -1.06. The zero-order valence-electron chi connectivity index (χ0n) is 12.0. The SMILES string of the molecule is CCC1(C)CC(NCCc2ccc(O)cc2)CCO1. The van der Waals surface area contributed by atoms with E-state index in [0.717, 1.165) is 38.8 Å². The number of aromatic hydroxyl groups is 1. The van der Waals surface area contributed by atoms with Gasteiger partial charge in [0.1, 0.15) is 5.75 Å². The lowest BCUT2D eigenvalue weighted by molar-refractivity contribution is -0.0778. The van der Waals surface area contributed by atoms with Crippen LogP contribution >= 0.6 is 0 Å². The van der Waals surface area contributed by atoms with Gasteiger partial charge in [-0.1, -0.05) is 19.1 Å². The molecule has 1 saturated heterocycles. The Morgan fingerprint density at radius 1 is 1.37 bits per heavy atom. The molecule has 1 fully saturated rings. The van der Waals surface area contributed by atoms with Crippen molar-refractivity contribution in [3.63, 3.8) is 0 Å². The summed E-state index contributed by atoms with van der Waals surface area (Å²) >= 11 is 0. The van der Waals surface area contributed by atoms with E-state index in [-0.39, 0.29) is 5.60 Å². The van der Waals surface area contributed by atoms with Crippen LogP contribution in [0.5, 0.6) is 5.75 Å². The molecule has 0 radical (unpaired) electrons. The Kier molecular flexibility index (Phi) is 4.83. The number of hydrogen-bond acceptors (Lipinski definition) is 3. The van der Waals surface area contributed by atoms with Crippen LogP contribution in [0.4, 0.5) is 0 Å². The van der Waals surface area contributed by atoms with E-state index in [2.05, 4.69) is 19.2 Å². The molecule has 0 spiro atoms. The maximum absolute atomic E-state index is 9.24. The summed E-state index contributed by atoms with van der Waals surface area (Å²) in [5.74, 6) is 0.333. The molecule has 1 aliphatic rings. The highest BCUT2D eigenvalue weighted by Gasteiger charge is 2.31. The van der Waals surface area contributed by atoms with Crippen molar-refractivity contribution in [1.29, 1.82) is 0 Å². The minimum atomic E-state index is 0.0501. The molecular weight excluding hydrogens is 238 g/mol. The summed E-state index contributed by atoms with van der Waals surface area (Å²) in [6.45, 7) is 6.25. The van der Waals surface area contributed by atoms with Crippen molar-refractivity contribution in [3.05, 3.63) is 29.8 Å². The smallest absolute Gasteiger partial charge is 0.115 e. The van der Waals surface area contributed by atoms with E-state index in [1.165, 1.54) is 5.56 Å². The molecule has 0 amide bonds. The fraction of sp³-hybridized carbons (Fsp3) is 0.625. The van der Waals surface area contributed by atoms with Crippen LogP contribution in [0.25, 0.3) is 0 Å². The topological polar surface area (TPSA) is 41.5 Å². The predicted octanol–water partition coefficient (Wildman–Crippen LogP) is 2.87. The van der Waals surface area contributed by atoms with Crippen molar-refractivity contribution in [2.75, 3.05) is 13.2 Å². The molecule has 0 aliphatic carbocycles. The summed E-state index contributed by atoms with van der Waals surface area (Å²) in [5, 5.41) is 12.9. The molecule has 2 atom stereocenters. The molecule has 3 heteroatoms. The average molecular weight is 263 g/mol. The van der Waals surface area contributed by atoms with Gasteiger partial charge < -0.3 is 15.2 Å². The lowest BCUT2D eigenvalue weighted by atomic mass is 9.90. The molecule has 1 aliphatic heterocycles. The average Bonchev–Trinajstić information content (AvgIpc) is 2.41. The van der Waals surface area contributed by atoms with Crippen molar-refractivity contribution in [1.82, 2.24) is 5.32 Å². The van der Waals surface area contributed by atoms with E-state index in [4.69, 9.17) is 4.74 Å². The summed E-state index contributed by atoms with van der Waals surface area (Å²) < 4.78 is 5.85. The van der Waals surface area contributed by atoms with Crippen molar-refractivity contribution in [3.8, 4) is 5.75 Å². The highest BCUT2D eigenvalue weighted by molar-refractivity contribution is 5.25. The Morgan fingerprint density at radius 3 is 2.79 bits per heavy atom. The molecule has 2 N–H and O–H groups in total. The molecule has 0 aromatic heterocycles. The van der Waals surface area contributed by atoms with Crippen LogP contribution < -0.4 is 5.32 Å². The predicted molar refractivity (Wildman–Crippen MR) is 77.5 cm³/mol. The number of phenolic OH excluding ortho intramolecular Hbond substituents is 1. The van der Waals surface area contributed by atoms with E-state index < -0.39 is 0 Å². The third-order valence-electron chi connectivity index (χ3n) is 4.13. The summed E-state index contributed by atoms with van der Waals surface area (Å²) in [4.78, 5) is 0. The van der Waals surface area contributed by atoms with Gasteiger partial charge in [-0.3, -0.25) is 0 Å². The van der Waals surface area contributed by atoms with Crippen LogP contribution in [-0.4, -0.2) is 29.9 Å². The number of rotatable bonds is 5. The van der Waals surface area contributed by atoms with Crippen molar-refractivity contribution in [2.45, 2.75) is 51.2 Å². The maximum atomic E-state index is 9.24. The normalized spacial score (nSPS) is 27.4. The zero-order valence-corrected chi connectivity index (χ0v) is 12.0. The molecule has 1 aromatic carbocycles. The number of phenols is 1. The monoisotopic (exact) mass is 263 g/mol. The lowest BCUT2D eigenvalue weighted by Crippen LogP contribution is -2.45. The van der Waals surface area contributed by atoms with Gasteiger partial charge in [0.15, 0.2) is 0 Å². The van der Waals surface area contributed by atoms with E-state index >= 15 is 0 Å². The molecule has 0 bridgehead atoms. The van der Waals surface area contributed by atoms with Gasteiger partial charge in [-0.2, -0.15) is 0 Å². The van der Waals surface area contributed by atoms with Crippen LogP contribution in [0.3, 0.4) is 0 Å². The largest absolute Gasteiger partial charge is 0.508 e. The van der Waals surface area contributed by atoms with E-state index in [0.29, 0.717) is 11.8 Å². The Balaban J connectivity index is 1.75. The summed E-state index contributed by atoms with van der Waals surface area (Å²) in [5.41, 5.74) is 1.31. The summed E-state index contributed by atoms with van der Waals surface area (Å²) in [7, 11) is 0. The van der Waals surface area contributed by atoms with Gasteiger partial charge >= 0.3 is 0 Å². The Bertz CT molecular complexity index is 390. The molecule has 19 heavy (non-hydrogen) atoms. The first-order valence-corrected chi connectivity index (χ1v) is 7.26. The van der Waals surface area contributed by atoms with Crippen molar-refractivity contribution >= 4 is 0 Å². The Morgan fingerprint density at radius 2 is 2.11 bits per heavy atom. The van der Waals surface area contributed by atoms with Crippen molar-refractivity contribution < 1.29 is 9.84 Å². The standard InChI is InChI=1S/C16H25NO2/c1-3-16(2)12-14(9-11-19-16)17-10-8-13-4-6-15(18)7-5-13/h4-7,14,17-18H,3,8-12H2,1-2H3. The van der Waals surface area contributed by atoms with Gasteiger partial charge in [0.05, 0.1) is 5.60 Å². The second-order valence-corrected chi connectivity index (χ2v) is 5.71. The van der Waals surface area contributed by atoms with Crippen LogP contribution in [-0.2, 0) is 11.2 Å². The first kappa shape index (κ1) is 14.4. The van der Waals surface area contributed by atoms with Crippen LogP contribution in [0.1, 0.15) is 38.7 Å². The Labute approximate surface area is 116 Å². The quantitative estimate of drug-likeness (QED) is 0.858. The van der Waals surface area contributed by atoms with Gasteiger partial charge in [-0.05, 0) is 56.8 Å². The van der Waals surface area contributed by atoms with E-state index in [1.807, 2.05) is 12.1 Å². The van der Waals surface area contributed by atoms with Gasteiger partial charge in [0.25, 0.3) is 0 Å². The molecule has 2 unspecified atom stereocenters. The second kappa shape index (κ2) is 6.40. The molecule has 3 nitrogen and oxygen atoms in total. The highest BCUT2D eigenvalue weighted by atomic mass is 16.5. The van der Waals surface area contributed by atoms with E-state index in [1.54, 1.807) is 12.1 Å². The van der Waals surface area contributed by atoms with Gasteiger partial charge in [-0.25, -0.2) is 0 Å². The third kappa shape index (κ3) is 4.22. The molecule has 2 rings (SSSR count). The number of nitrogens with one attached hydrogen (secondary N) is 1. The molecule has 106 valence electrons. The van der Waals surface area contributed by atoms with E-state index in [9.17, 15) is 5.11 Å². The van der Waals surface area contributed by atoms with Gasteiger partial charge in [0, 0.05) is 12.6 Å². The van der Waals surface area contributed by atoms with Crippen LogP contribution in [0, 0.1) is 0 Å². The van der Waals surface area contributed by atoms with Crippen LogP contribution in [0.2, 0.25) is 0 Å². The van der Waals surface area contributed by atoms with Crippen molar-refractivity contribution in [2.24, 2.45) is 0 Å². The number of hydrogen-bond donors (Lipinski definition) is 2. The maximum Gasteiger partial charge on any atom is 0.115 e. The highest BCUT2D eigenvalue weighted by Crippen LogP contribution is 2.27. The lowest BCUT2D eigenvalue weighted by Gasteiger charge is -2.38. The molecular formula is C16H25NO2. The molecule has 1 heterocycles. The van der Waals surface area contributed by atoms with Gasteiger partial charge in [0.2, 0.25) is 0 Å². The van der Waals surface area contributed by atoms with Gasteiger partial charge in [-0.15, -0.1) is 0 Å². The minimum Gasteiger partial charge on any atom is -0.508 e. The third-order valence-corrected chi connectivity index (χ3v) is 4.13. The fourth-order valence-corrected chi connectivity index (χ4v) is 2.63. The number of benzene rings is 1. The van der Waals surface area contributed by atoms with Crippen LogP contribution in [0.15, 0.2) is 24.3 Å². The fourth-order valence-electron chi connectivity index (χ4n) is 2.63. The molecule has 0 saturated carbocycles. The minimum absolute atomic E-state index is 0.0501. The number of ether oxygens (including phenoxy) is 1.